The molecule has 20 nitrogen and oxygen atoms in total. The first-order chi connectivity index (χ1) is 19.7. The van der Waals surface area contributed by atoms with Gasteiger partial charge in [0, 0.05) is 7.11 Å². The zero-order valence-electron chi connectivity index (χ0n) is 22.0. The van der Waals surface area contributed by atoms with Crippen LogP contribution in [0.3, 0.4) is 0 Å². The first-order valence-electron chi connectivity index (χ1n) is 12.6. The van der Waals surface area contributed by atoms with Crippen LogP contribution < -0.4 is 0 Å². The lowest BCUT2D eigenvalue weighted by atomic mass is 9.98. The molecule has 11 N–H and O–H groups in total. The van der Waals surface area contributed by atoms with E-state index >= 15 is 0 Å². The Morgan fingerprint density at radius 3 is 2.00 bits per heavy atom. The van der Waals surface area contributed by atoms with Gasteiger partial charge in [-0.25, -0.2) is 9.59 Å². The lowest BCUT2D eigenvalue weighted by molar-refractivity contribution is -0.374. The molecule has 0 aromatic rings. The van der Waals surface area contributed by atoms with Crippen molar-refractivity contribution in [1.29, 1.82) is 0 Å². The van der Waals surface area contributed by atoms with Gasteiger partial charge in [-0.1, -0.05) is 0 Å². The number of rotatable bonds is 12. The second-order valence-electron chi connectivity index (χ2n) is 9.79. The van der Waals surface area contributed by atoms with Crippen LogP contribution in [-0.2, 0) is 42.7 Å². The van der Waals surface area contributed by atoms with Crippen molar-refractivity contribution in [2.24, 2.45) is 0 Å². The molecule has 0 aromatic heterocycles. The second-order valence-corrected chi connectivity index (χ2v) is 9.79. The van der Waals surface area contributed by atoms with Gasteiger partial charge in [-0.05, 0) is 0 Å². The molecule has 3 aliphatic rings. The molecular weight excluding hydrogens is 584 g/mol. The van der Waals surface area contributed by atoms with Crippen LogP contribution in [0.15, 0.2) is 0 Å². The molecule has 0 saturated carbocycles. The first kappa shape index (κ1) is 34.8. The minimum atomic E-state index is -2.43. The summed E-state index contributed by atoms with van der Waals surface area (Å²) in [6, 6.07) is 0. The van der Waals surface area contributed by atoms with Crippen LogP contribution in [0.2, 0.25) is 0 Å². The van der Waals surface area contributed by atoms with Crippen LogP contribution in [-0.4, -0.2) is 193 Å². The fourth-order valence-electron chi connectivity index (χ4n) is 4.53. The summed E-state index contributed by atoms with van der Waals surface area (Å²) in [6.07, 6.45) is -29.6. The number of carboxylic acids is 2. The van der Waals surface area contributed by atoms with Gasteiger partial charge in [-0.15, -0.1) is 0 Å². The number of methoxy groups -OCH3 is 1. The van der Waals surface area contributed by atoms with E-state index in [0.29, 0.717) is 0 Å². The molecule has 0 aromatic carbocycles. The standard InChI is InChI=1S/C22H36O20/c1-36-15-11(28)14(31)21(42-17(15)19(34)35)41-16-10(27)7(40-20-13(30)8(25)5(24)3-37-20)4-38-22(16)39-6(2-23)9(26)12(29)18(32)33/h5-17,20-31H,2-4H2,1H3,(H,32,33)(H,34,35)/t5-,6-,7-,8+,9+,10+,11-,12-,13-,14-,15+,16-,17+,20+,21+,22+/m1/s1. The molecule has 20 heteroatoms. The molecule has 0 radical (unpaired) electrons. The predicted octanol–water partition coefficient (Wildman–Crippen LogP) is -7.36. The highest BCUT2D eigenvalue weighted by molar-refractivity contribution is 5.73. The maximum atomic E-state index is 11.7. The summed E-state index contributed by atoms with van der Waals surface area (Å²) in [5, 5.41) is 110. The van der Waals surface area contributed by atoms with Crippen molar-refractivity contribution < 1.29 is 98.9 Å². The Kier molecular flexibility index (Phi) is 12.3. The van der Waals surface area contributed by atoms with Gasteiger partial charge in [0.2, 0.25) is 0 Å². The maximum Gasteiger partial charge on any atom is 0.335 e. The van der Waals surface area contributed by atoms with E-state index in [4.69, 9.17) is 38.3 Å². The van der Waals surface area contributed by atoms with Crippen molar-refractivity contribution in [2.45, 2.75) is 98.2 Å². The van der Waals surface area contributed by atoms with E-state index < -0.39 is 130 Å². The van der Waals surface area contributed by atoms with Crippen LogP contribution in [0.5, 0.6) is 0 Å². The fraction of sp³-hybridized carbons (Fsp3) is 0.909. The summed E-state index contributed by atoms with van der Waals surface area (Å²) < 4.78 is 37.2. The van der Waals surface area contributed by atoms with Gasteiger partial charge in [-0.3, -0.25) is 0 Å². The van der Waals surface area contributed by atoms with E-state index in [1.54, 1.807) is 0 Å². The Morgan fingerprint density at radius 2 is 1.43 bits per heavy atom. The number of aliphatic hydroxyl groups is 9. The normalized spacial score (nSPS) is 43.3. The molecule has 244 valence electrons. The summed E-state index contributed by atoms with van der Waals surface area (Å²) in [4.78, 5) is 22.8. The predicted molar refractivity (Wildman–Crippen MR) is 124 cm³/mol. The molecule has 3 fully saturated rings. The van der Waals surface area contributed by atoms with Gasteiger partial charge in [0.15, 0.2) is 31.1 Å². The lowest BCUT2D eigenvalue weighted by Crippen LogP contribution is -2.65. The van der Waals surface area contributed by atoms with Crippen molar-refractivity contribution in [3.63, 3.8) is 0 Å². The Morgan fingerprint density at radius 1 is 0.810 bits per heavy atom. The van der Waals surface area contributed by atoms with Crippen molar-refractivity contribution in [3.05, 3.63) is 0 Å². The number of aliphatic carboxylic acids is 2. The smallest absolute Gasteiger partial charge is 0.335 e. The Hall–Kier alpha value is -1.70. The number of carboxylic acid groups (broad SMARTS) is 2. The minimum Gasteiger partial charge on any atom is -0.479 e. The molecule has 0 bridgehead atoms. The molecule has 0 spiro atoms. The van der Waals surface area contributed by atoms with Crippen molar-refractivity contribution >= 4 is 11.9 Å². The van der Waals surface area contributed by atoms with Gasteiger partial charge >= 0.3 is 11.9 Å². The Labute approximate surface area is 236 Å². The summed E-state index contributed by atoms with van der Waals surface area (Å²) in [7, 11) is 1.05. The number of ether oxygens (including phenoxy) is 7. The van der Waals surface area contributed by atoms with Gasteiger partial charge in [0.1, 0.15) is 67.1 Å². The second kappa shape index (κ2) is 14.9. The molecule has 3 aliphatic heterocycles. The van der Waals surface area contributed by atoms with E-state index in [-0.39, 0.29) is 0 Å². The third-order valence-electron chi connectivity index (χ3n) is 6.97. The highest BCUT2D eigenvalue weighted by atomic mass is 16.8. The summed E-state index contributed by atoms with van der Waals surface area (Å²) in [5.74, 6) is -3.49. The quantitative estimate of drug-likeness (QED) is 0.0965. The molecule has 3 saturated heterocycles. The molecule has 0 unspecified atom stereocenters. The highest BCUT2D eigenvalue weighted by Crippen LogP contribution is 2.31. The molecule has 3 rings (SSSR count). The largest absolute Gasteiger partial charge is 0.479 e. The van der Waals surface area contributed by atoms with Crippen LogP contribution in [0.1, 0.15) is 0 Å². The zero-order chi connectivity index (χ0) is 31.5. The van der Waals surface area contributed by atoms with Crippen molar-refractivity contribution in [2.75, 3.05) is 26.9 Å². The fourth-order valence-corrected chi connectivity index (χ4v) is 4.53. The van der Waals surface area contributed by atoms with E-state index in [9.17, 15) is 60.7 Å². The topological polar surface area (TPSA) is 321 Å². The molecular formula is C22H36O20. The van der Waals surface area contributed by atoms with Crippen LogP contribution in [0.25, 0.3) is 0 Å². The van der Waals surface area contributed by atoms with Crippen LogP contribution >= 0.6 is 0 Å². The van der Waals surface area contributed by atoms with E-state index in [1.165, 1.54) is 0 Å². The highest BCUT2D eigenvalue weighted by Gasteiger charge is 2.53. The number of carbonyl (C=O) groups is 2. The monoisotopic (exact) mass is 620 g/mol. The van der Waals surface area contributed by atoms with E-state index in [1.807, 2.05) is 0 Å². The van der Waals surface area contributed by atoms with E-state index in [2.05, 4.69) is 0 Å². The third kappa shape index (κ3) is 7.50. The van der Waals surface area contributed by atoms with Crippen molar-refractivity contribution in [3.8, 4) is 0 Å². The average molecular weight is 621 g/mol. The average Bonchev–Trinajstić information content (AvgIpc) is 2.95. The SMILES string of the molecule is CO[C@H]1[C@H](O)[C@@H](O)[C@@H](O[C@H]2[C@H](O[C@H](CO)[C@H](O)[C@@H](O)C(=O)O)OC[C@@H](O[C@@H]3OC[C@@H](O)[C@H](O)[C@H]3O)[C@@H]2O)O[C@@H]1C(=O)O. The summed E-state index contributed by atoms with van der Waals surface area (Å²) in [5.41, 5.74) is 0. The Bertz CT molecular complexity index is 892. The van der Waals surface area contributed by atoms with Crippen LogP contribution in [0.4, 0.5) is 0 Å². The molecule has 0 aliphatic carbocycles. The third-order valence-corrected chi connectivity index (χ3v) is 6.97. The van der Waals surface area contributed by atoms with Gasteiger partial charge < -0.3 is 89.3 Å². The Balaban J connectivity index is 1.86. The molecule has 0 amide bonds. The molecule has 16 atom stereocenters. The number of hydrogen-bond acceptors (Lipinski definition) is 18. The van der Waals surface area contributed by atoms with Crippen molar-refractivity contribution in [1.82, 2.24) is 0 Å². The van der Waals surface area contributed by atoms with Gasteiger partial charge in [0.05, 0.1) is 19.8 Å². The first-order valence-corrected chi connectivity index (χ1v) is 12.6. The summed E-state index contributed by atoms with van der Waals surface area (Å²) >= 11 is 0. The van der Waals surface area contributed by atoms with Crippen LogP contribution in [0, 0.1) is 0 Å². The zero-order valence-corrected chi connectivity index (χ0v) is 22.0. The maximum absolute atomic E-state index is 11.7. The molecule has 3 heterocycles. The molecule has 42 heavy (non-hydrogen) atoms. The number of aliphatic hydroxyl groups excluding tert-OH is 9. The van der Waals surface area contributed by atoms with Gasteiger partial charge in [0.25, 0.3) is 0 Å². The van der Waals surface area contributed by atoms with E-state index in [0.717, 1.165) is 7.11 Å². The van der Waals surface area contributed by atoms with Gasteiger partial charge in [-0.2, -0.15) is 0 Å². The number of hydrogen-bond donors (Lipinski definition) is 11. The minimum absolute atomic E-state index is 0.461. The summed E-state index contributed by atoms with van der Waals surface area (Å²) in [6.45, 7) is -2.15. The lowest BCUT2D eigenvalue weighted by Gasteiger charge is -2.46.